The van der Waals surface area contributed by atoms with Crippen LogP contribution in [0.25, 0.3) is 0 Å². The molecule has 0 heterocycles. The minimum absolute atomic E-state index is 1.21. The molecule has 17 heavy (non-hydrogen) atoms. The zero-order valence-electron chi connectivity index (χ0n) is 9.89. The molecule has 4 N–H and O–H groups in total. The van der Waals surface area contributed by atoms with Gasteiger partial charge in [-0.15, -0.1) is 0 Å². The van der Waals surface area contributed by atoms with E-state index in [0.717, 1.165) is 0 Å². The van der Waals surface area contributed by atoms with E-state index in [0.29, 0.717) is 0 Å². The fourth-order valence-electron chi connectivity index (χ4n) is 0.707. The summed E-state index contributed by atoms with van der Waals surface area (Å²) in [5.74, 6) is -5.35. The largest absolute Gasteiger partial charge is 0.547 e. The molecule has 0 amide bonds. The van der Waals surface area contributed by atoms with Gasteiger partial charge in [0.15, 0.2) is 0 Å². The minimum Gasteiger partial charge on any atom is -0.547 e. The van der Waals surface area contributed by atoms with Crippen LogP contribution in [0.2, 0.25) is 0 Å². The van der Waals surface area contributed by atoms with Crippen LogP contribution >= 0.6 is 0 Å². The van der Waals surface area contributed by atoms with Crippen molar-refractivity contribution in [3.05, 3.63) is 0 Å². The molecule has 0 bridgehead atoms. The van der Waals surface area contributed by atoms with Crippen LogP contribution in [0, 0.1) is 0 Å². The van der Waals surface area contributed by atoms with Crippen molar-refractivity contribution in [2.24, 2.45) is 0 Å². The van der Waals surface area contributed by atoms with Crippen molar-refractivity contribution in [3.63, 3.8) is 0 Å². The van der Waals surface area contributed by atoms with E-state index in [4.69, 9.17) is 15.3 Å². The van der Waals surface area contributed by atoms with Gasteiger partial charge in [0.25, 0.3) is 0 Å². The average molecular weight is 251 g/mol. The van der Waals surface area contributed by atoms with E-state index in [1.807, 2.05) is 0 Å². The molecule has 0 spiro atoms. The van der Waals surface area contributed by atoms with Crippen LogP contribution in [0.4, 0.5) is 0 Å². The normalized spacial score (nSPS) is 10.4. The summed E-state index contributed by atoms with van der Waals surface area (Å²) in [6.07, 6.45) is -2.41. The lowest BCUT2D eigenvalue weighted by Crippen LogP contribution is -3.02. The second-order valence-corrected chi connectivity index (χ2v) is 3.96. The van der Waals surface area contributed by atoms with Crippen LogP contribution in [-0.2, 0) is 14.4 Å². The van der Waals surface area contributed by atoms with Gasteiger partial charge in [0.05, 0.1) is 40.0 Å². The SMILES string of the molecule is C[NH+](C)C.O=C(O)CC(O)(CC(=O)O)C(=O)[O-]. The summed E-state index contributed by atoms with van der Waals surface area (Å²) in [6, 6.07) is 0. The van der Waals surface area contributed by atoms with Crippen LogP contribution in [0.15, 0.2) is 0 Å². The highest BCUT2D eigenvalue weighted by molar-refractivity contribution is 5.86. The van der Waals surface area contributed by atoms with Crippen LogP contribution in [0.5, 0.6) is 0 Å². The van der Waals surface area contributed by atoms with Crippen LogP contribution in [0.1, 0.15) is 12.8 Å². The summed E-state index contributed by atoms with van der Waals surface area (Å²) < 4.78 is 0. The van der Waals surface area contributed by atoms with E-state index >= 15 is 0 Å². The molecular formula is C9H17NO7. The number of carboxylic acids is 3. The third-order valence-electron chi connectivity index (χ3n) is 1.27. The molecule has 0 aromatic carbocycles. The first-order valence-corrected chi connectivity index (χ1v) is 4.65. The summed E-state index contributed by atoms with van der Waals surface area (Å²) in [4.78, 5) is 31.7. The molecule has 0 aromatic rings. The van der Waals surface area contributed by atoms with Crippen molar-refractivity contribution < 1.29 is 39.7 Å². The molecule has 0 saturated heterocycles. The van der Waals surface area contributed by atoms with E-state index < -0.39 is 36.4 Å². The van der Waals surface area contributed by atoms with Gasteiger partial charge in [-0.3, -0.25) is 9.59 Å². The number of nitrogens with one attached hydrogen (secondary N) is 1. The van der Waals surface area contributed by atoms with Crippen molar-refractivity contribution in [1.29, 1.82) is 0 Å². The molecule has 100 valence electrons. The minimum atomic E-state index is -2.85. The van der Waals surface area contributed by atoms with Gasteiger partial charge in [-0.25, -0.2) is 0 Å². The maximum absolute atomic E-state index is 10.2. The van der Waals surface area contributed by atoms with Gasteiger partial charge in [0, 0.05) is 0 Å². The van der Waals surface area contributed by atoms with Gasteiger partial charge in [-0.1, -0.05) is 0 Å². The number of aliphatic carboxylic acids is 3. The van der Waals surface area contributed by atoms with Gasteiger partial charge >= 0.3 is 11.9 Å². The Labute approximate surface area is 98.1 Å². The second kappa shape index (κ2) is 7.58. The van der Waals surface area contributed by atoms with Gasteiger partial charge in [-0.05, 0) is 0 Å². The Morgan fingerprint density at radius 2 is 1.29 bits per heavy atom. The number of quaternary nitrogens is 1. The zero-order valence-corrected chi connectivity index (χ0v) is 9.89. The standard InChI is InChI=1S/C6H8O7.C3H9N/c7-3(8)1-6(13,5(11)12)2-4(9)10;1-4(2)3/h13H,1-2H2,(H,7,8)(H,9,10)(H,11,12);1-3H3. The Morgan fingerprint density at radius 1 is 1.06 bits per heavy atom. The first-order chi connectivity index (χ1) is 7.51. The third kappa shape index (κ3) is 10.6. The van der Waals surface area contributed by atoms with Crippen molar-refractivity contribution in [3.8, 4) is 0 Å². The lowest BCUT2D eigenvalue weighted by molar-refractivity contribution is -0.836. The number of carboxylic acid groups (broad SMARTS) is 3. The lowest BCUT2D eigenvalue weighted by Gasteiger charge is -2.25. The molecule has 8 nitrogen and oxygen atoms in total. The molecule has 0 aromatic heterocycles. The Hall–Kier alpha value is -1.67. The first kappa shape index (κ1) is 17.7. The monoisotopic (exact) mass is 251 g/mol. The average Bonchev–Trinajstić information content (AvgIpc) is 1.98. The van der Waals surface area contributed by atoms with Crippen LogP contribution in [-0.4, -0.2) is 60.0 Å². The topological polar surface area (TPSA) is 139 Å². The quantitative estimate of drug-likeness (QED) is 0.392. The smallest absolute Gasteiger partial charge is 0.306 e. The van der Waals surface area contributed by atoms with E-state index in [9.17, 15) is 19.5 Å². The number of rotatable bonds is 5. The molecule has 0 aliphatic heterocycles. The molecule has 0 rings (SSSR count). The maximum atomic E-state index is 10.2. The Morgan fingerprint density at radius 3 is 1.41 bits per heavy atom. The number of aliphatic hydroxyl groups is 1. The summed E-state index contributed by atoms with van der Waals surface area (Å²) in [5, 5.41) is 35.5. The fraction of sp³-hybridized carbons (Fsp3) is 0.667. The van der Waals surface area contributed by atoms with Crippen molar-refractivity contribution in [2.45, 2.75) is 18.4 Å². The lowest BCUT2D eigenvalue weighted by atomic mass is 9.96. The molecule has 0 aliphatic rings. The Bertz CT molecular complexity index is 268. The number of hydrogen-bond donors (Lipinski definition) is 4. The summed E-state index contributed by atoms with van der Waals surface area (Å²) in [5.41, 5.74) is -2.85. The van der Waals surface area contributed by atoms with E-state index in [1.54, 1.807) is 0 Å². The van der Waals surface area contributed by atoms with E-state index in [-0.39, 0.29) is 0 Å². The van der Waals surface area contributed by atoms with Crippen molar-refractivity contribution >= 4 is 17.9 Å². The predicted octanol–water partition coefficient (Wildman–Crippen LogP) is -3.82. The molecule has 0 aliphatic carbocycles. The highest BCUT2D eigenvalue weighted by Crippen LogP contribution is 2.14. The van der Waals surface area contributed by atoms with E-state index in [1.165, 1.54) is 4.90 Å². The molecule has 0 saturated carbocycles. The molecule has 0 radical (unpaired) electrons. The molecule has 0 fully saturated rings. The van der Waals surface area contributed by atoms with Gasteiger partial charge in [0.1, 0.15) is 5.60 Å². The van der Waals surface area contributed by atoms with Crippen molar-refractivity contribution in [1.82, 2.24) is 0 Å². The second-order valence-electron chi connectivity index (χ2n) is 3.96. The maximum Gasteiger partial charge on any atom is 0.306 e. The zero-order chi connectivity index (χ0) is 14.2. The number of hydrogen-bond acceptors (Lipinski definition) is 5. The van der Waals surface area contributed by atoms with Crippen molar-refractivity contribution in [2.75, 3.05) is 21.1 Å². The summed E-state index contributed by atoms with van der Waals surface area (Å²) in [7, 11) is 6.25. The van der Waals surface area contributed by atoms with Gasteiger partial charge in [0.2, 0.25) is 0 Å². The Balaban J connectivity index is 0. The van der Waals surface area contributed by atoms with Gasteiger partial charge in [-0.2, -0.15) is 0 Å². The molecule has 0 atom stereocenters. The molecular weight excluding hydrogens is 234 g/mol. The summed E-state index contributed by atoms with van der Waals surface area (Å²) in [6.45, 7) is 0. The van der Waals surface area contributed by atoms with Gasteiger partial charge < -0.3 is 30.1 Å². The van der Waals surface area contributed by atoms with Crippen LogP contribution in [0.3, 0.4) is 0 Å². The highest BCUT2D eigenvalue weighted by Gasteiger charge is 2.34. The number of carbonyl (C=O) groups is 3. The summed E-state index contributed by atoms with van der Waals surface area (Å²) >= 11 is 0. The highest BCUT2D eigenvalue weighted by atomic mass is 16.4. The fourth-order valence-corrected chi connectivity index (χ4v) is 0.707. The number of carbonyl (C=O) groups excluding carboxylic acids is 1. The molecule has 8 heteroatoms. The Kier molecular flexibility index (Phi) is 7.90. The first-order valence-electron chi connectivity index (χ1n) is 4.65. The van der Waals surface area contributed by atoms with Crippen LogP contribution < -0.4 is 10.0 Å². The van der Waals surface area contributed by atoms with E-state index in [2.05, 4.69) is 21.1 Å². The third-order valence-corrected chi connectivity index (χ3v) is 1.27. The molecule has 0 unspecified atom stereocenters. The predicted molar refractivity (Wildman–Crippen MR) is 53.2 cm³/mol.